The Balaban J connectivity index is 2.58. The number of carbonyl (C=O) groups is 1. The monoisotopic (exact) mass is 250 g/mol. The smallest absolute Gasteiger partial charge is 0.408 e. The number of hydrogen-bond acceptors (Lipinski definition) is 5. The standard InChI is InChI=1S/C12H14N2O4/c1-16-10-4-3-9(7-11(10)17-2)8-18-12(15)14-6-5-13/h3-4,7H,6,8H2,1-2H3,(H,14,15). The normalized spacial score (nSPS) is 9.17. The van der Waals surface area contributed by atoms with Crippen LogP contribution < -0.4 is 14.8 Å². The van der Waals surface area contributed by atoms with Crippen LogP contribution in [-0.2, 0) is 11.3 Å². The molecular formula is C12H14N2O4. The van der Waals surface area contributed by atoms with Crippen LogP contribution in [0.1, 0.15) is 5.56 Å². The van der Waals surface area contributed by atoms with E-state index in [4.69, 9.17) is 19.5 Å². The van der Waals surface area contributed by atoms with Crippen LogP contribution in [0.4, 0.5) is 4.79 Å². The van der Waals surface area contributed by atoms with Crippen molar-refractivity contribution in [3.63, 3.8) is 0 Å². The summed E-state index contributed by atoms with van der Waals surface area (Å²) in [5.74, 6) is 1.17. The lowest BCUT2D eigenvalue weighted by Gasteiger charge is -2.10. The van der Waals surface area contributed by atoms with Crippen molar-refractivity contribution < 1.29 is 19.0 Å². The molecule has 0 saturated heterocycles. The van der Waals surface area contributed by atoms with Crippen molar-refractivity contribution in [2.24, 2.45) is 0 Å². The van der Waals surface area contributed by atoms with Crippen LogP contribution in [0, 0.1) is 11.3 Å². The van der Waals surface area contributed by atoms with Gasteiger partial charge in [0, 0.05) is 0 Å². The van der Waals surface area contributed by atoms with Gasteiger partial charge < -0.3 is 19.5 Å². The fourth-order valence-corrected chi connectivity index (χ4v) is 1.28. The van der Waals surface area contributed by atoms with Gasteiger partial charge >= 0.3 is 6.09 Å². The Morgan fingerprint density at radius 2 is 2.06 bits per heavy atom. The molecule has 1 rings (SSSR count). The lowest BCUT2D eigenvalue weighted by atomic mass is 10.2. The third kappa shape index (κ3) is 3.87. The number of hydrogen-bond donors (Lipinski definition) is 1. The molecule has 0 aliphatic carbocycles. The first-order valence-corrected chi connectivity index (χ1v) is 5.19. The molecule has 1 amide bonds. The molecule has 6 heteroatoms. The predicted molar refractivity (Wildman–Crippen MR) is 63.3 cm³/mol. The van der Waals surface area contributed by atoms with Gasteiger partial charge in [0.15, 0.2) is 11.5 Å². The summed E-state index contributed by atoms with van der Waals surface area (Å²) in [6.45, 7) is 0.0163. The van der Waals surface area contributed by atoms with Gasteiger partial charge in [-0.2, -0.15) is 5.26 Å². The summed E-state index contributed by atoms with van der Waals surface area (Å²) in [6.07, 6.45) is -0.633. The number of rotatable bonds is 5. The molecule has 0 spiro atoms. The lowest BCUT2D eigenvalue weighted by Crippen LogP contribution is -2.24. The number of nitrogens with zero attached hydrogens (tertiary/aromatic N) is 1. The Hall–Kier alpha value is -2.42. The molecule has 0 heterocycles. The van der Waals surface area contributed by atoms with Gasteiger partial charge in [-0.05, 0) is 17.7 Å². The van der Waals surface area contributed by atoms with Crippen molar-refractivity contribution in [1.29, 1.82) is 5.26 Å². The van der Waals surface area contributed by atoms with Crippen LogP contribution in [0.15, 0.2) is 18.2 Å². The van der Waals surface area contributed by atoms with Crippen molar-refractivity contribution in [2.75, 3.05) is 20.8 Å². The second-order valence-corrected chi connectivity index (χ2v) is 3.28. The quantitative estimate of drug-likeness (QED) is 0.800. The molecule has 0 fully saturated rings. The van der Waals surface area contributed by atoms with Crippen LogP contribution >= 0.6 is 0 Å². The summed E-state index contributed by atoms with van der Waals surface area (Å²) in [4.78, 5) is 11.1. The zero-order valence-electron chi connectivity index (χ0n) is 10.2. The Morgan fingerprint density at radius 3 is 2.67 bits per heavy atom. The summed E-state index contributed by atoms with van der Waals surface area (Å²) in [5, 5.41) is 10.6. The Bertz CT molecular complexity index is 454. The molecule has 0 unspecified atom stereocenters. The molecular weight excluding hydrogens is 236 g/mol. The van der Waals surface area contributed by atoms with Crippen LogP contribution in [0.25, 0.3) is 0 Å². The first-order valence-electron chi connectivity index (χ1n) is 5.19. The molecule has 0 aliphatic rings. The minimum absolute atomic E-state index is 0.0786. The zero-order valence-corrected chi connectivity index (χ0v) is 10.2. The average Bonchev–Trinajstić information content (AvgIpc) is 2.42. The van der Waals surface area contributed by atoms with Crippen LogP contribution in [0.2, 0.25) is 0 Å². The number of methoxy groups -OCH3 is 2. The minimum atomic E-state index is -0.633. The number of carbonyl (C=O) groups excluding carboxylic acids is 1. The van der Waals surface area contributed by atoms with Gasteiger partial charge in [-0.25, -0.2) is 4.79 Å². The fraction of sp³-hybridized carbons (Fsp3) is 0.333. The first kappa shape index (κ1) is 13.6. The van der Waals surface area contributed by atoms with E-state index in [1.54, 1.807) is 31.4 Å². The molecule has 0 radical (unpaired) electrons. The van der Waals surface area contributed by atoms with Gasteiger partial charge in [0.05, 0.1) is 20.3 Å². The number of amides is 1. The van der Waals surface area contributed by atoms with E-state index in [0.29, 0.717) is 11.5 Å². The Labute approximate surface area is 105 Å². The van der Waals surface area contributed by atoms with E-state index in [9.17, 15) is 4.79 Å². The van der Waals surface area contributed by atoms with Crippen molar-refractivity contribution in [3.05, 3.63) is 23.8 Å². The number of ether oxygens (including phenoxy) is 3. The van der Waals surface area contributed by atoms with Crippen LogP contribution in [-0.4, -0.2) is 26.9 Å². The van der Waals surface area contributed by atoms with Crippen molar-refractivity contribution >= 4 is 6.09 Å². The zero-order chi connectivity index (χ0) is 13.4. The van der Waals surface area contributed by atoms with E-state index >= 15 is 0 Å². The Kier molecular flexibility index (Phi) is 5.32. The fourth-order valence-electron chi connectivity index (χ4n) is 1.28. The predicted octanol–water partition coefficient (Wildman–Crippen LogP) is 1.45. The van der Waals surface area contributed by atoms with E-state index in [2.05, 4.69) is 5.32 Å². The summed E-state index contributed by atoms with van der Waals surface area (Å²) in [6, 6.07) is 6.99. The largest absolute Gasteiger partial charge is 0.493 e. The second-order valence-electron chi connectivity index (χ2n) is 3.28. The molecule has 0 aliphatic heterocycles. The maximum absolute atomic E-state index is 11.1. The molecule has 18 heavy (non-hydrogen) atoms. The molecule has 1 N–H and O–H groups in total. The summed E-state index contributed by atoms with van der Waals surface area (Å²) in [7, 11) is 3.07. The van der Waals surface area contributed by atoms with Gasteiger partial charge in [-0.3, -0.25) is 0 Å². The van der Waals surface area contributed by atoms with Gasteiger partial charge in [0.2, 0.25) is 0 Å². The first-order chi connectivity index (χ1) is 8.71. The van der Waals surface area contributed by atoms with Crippen molar-refractivity contribution in [2.45, 2.75) is 6.61 Å². The molecule has 0 bridgehead atoms. The highest BCUT2D eigenvalue weighted by Gasteiger charge is 2.06. The second kappa shape index (κ2) is 7.01. The van der Waals surface area contributed by atoms with Crippen LogP contribution in [0.3, 0.4) is 0 Å². The van der Waals surface area contributed by atoms with E-state index in [1.165, 1.54) is 7.11 Å². The van der Waals surface area contributed by atoms with E-state index in [1.807, 2.05) is 0 Å². The van der Waals surface area contributed by atoms with Crippen molar-refractivity contribution in [3.8, 4) is 17.6 Å². The highest BCUT2D eigenvalue weighted by molar-refractivity contribution is 5.67. The maximum atomic E-state index is 11.1. The summed E-state index contributed by atoms with van der Waals surface area (Å²) in [5.41, 5.74) is 0.764. The number of nitrogens with one attached hydrogen (secondary N) is 1. The van der Waals surface area contributed by atoms with Gasteiger partial charge in [0.1, 0.15) is 13.2 Å². The van der Waals surface area contributed by atoms with Crippen molar-refractivity contribution in [1.82, 2.24) is 5.32 Å². The SMILES string of the molecule is COc1ccc(COC(=O)NCC#N)cc1OC. The minimum Gasteiger partial charge on any atom is -0.493 e. The molecule has 0 atom stereocenters. The molecule has 1 aromatic rings. The molecule has 0 saturated carbocycles. The molecule has 6 nitrogen and oxygen atoms in total. The third-order valence-corrected chi connectivity index (χ3v) is 2.13. The lowest BCUT2D eigenvalue weighted by molar-refractivity contribution is 0.140. The Morgan fingerprint density at radius 1 is 1.33 bits per heavy atom. The highest BCUT2D eigenvalue weighted by Crippen LogP contribution is 2.27. The number of nitriles is 1. The summed E-state index contributed by atoms with van der Waals surface area (Å²) < 4.78 is 15.1. The molecule has 96 valence electrons. The summed E-state index contributed by atoms with van der Waals surface area (Å²) >= 11 is 0. The molecule has 1 aromatic carbocycles. The number of alkyl carbamates (subject to hydrolysis) is 1. The van der Waals surface area contributed by atoms with Gasteiger partial charge in [-0.1, -0.05) is 6.07 Å². The van der Waals surface area contributed by atoms with Gasteiger partial charge in [-0.15, -0.1) is 0 Å². The highest BCUT2D eigenvalue weighted by atomic mass is 16.5. The van der Waals surface area contributed by atoms with E-state index < -0.39 is 6.09 Å². The van der Waals surface area contributed by atoms with E-state index in [0.717, 1.165) is 5.56 Å². The number of benzene rings is 1. The third-order valence-electron chi connectivity index (χ3n) is 2.13. The maximum Gasteiger partial charge on any atom is 0.408 e. The average molecular weight is 250 g/mol. The van der Waals surface area contributed by atoms with E-state index in [-0.39, 0.29) is 13.2 Å². The van der Waals surface area contributed by atoms with Crippen LogP contribution in [0.5, 0.6) is 11.5 Å². The molecule has 0 aromatic heterocycles. The topological polar surface area (TPSA) is 80.6 Å². The van der Waals surface area contributed by atoms with Gasteiger partial charge in [0.25, 0.3) is 0 Å².